The molecule has 1 aliphatic heterocycles. The van der Waals surface area contributed by atoms with E-state index >= 15 is 0 Å². The van der Waals surface area contributed by atoms with Crippen LogP contribution in [0, 0.1) is 5.92 Å². The molecule has 94 valence electrons. The summed E-state index contributed by atoms with van der Waals surface area (Å²) in [5.41, 5.74) is 2.18. The first-order chi connectivity index (χ1) is 8.19. The fraction of sp³-hybridized carbons (Fsp3) is 0.615. The van der Waals surface area contributed by atoms with Gasteiger partial charge in [-0.1, -0.05) is 0 Å². The summed E-state index contributed by atoms with van der Waals surface area (Å²) >= 11 is 0. The molecule has 0 aromatic carbocycles. The average Bonchev–Trinajstić information content (AvgIpc) is 2.78. The highest BCUT2D eigenvalue weighted by Gasteiger charge is 2.25. The van der Waals surface area contributed by atoms with Crippen molar-refractivity contribution in [2.45, 2.75) is 26.0 Å². The average molecular weight is 235 g/mol. The van der Waals surface area contributed by atoms with Crippen molar-refractivity contribution < 1.29 is 5.11 Å². The number of nitrogens with zero attached hydrogens (tertiary/aromatic N) is 2. The zero-order chi connectivity index (χ0) is 12.3. The second-order valence-electron chi connectivity index (χ2n) is 4.81. The van der Waals surface area contributed by atoms with Crippen LogP contribution in [0.2, 0.25) is 0 Å². The molecule has 1 aromatic heterocycles. The number of nitrogens with one attached hydrogen (secondary N) is 1. The lowest BCUT2D eigenvalue weighted by Crippen LogP contribution is -2.24. The van der Waals surface area contributed by atoms with E-state index in [0.29, 0.717) is 5.92 Å². The van der Waals surface area contributed by atoms with Crippen LogP contribution in [0.25, 0.3) is 0 Å². The third kappa shape index (κ3) is 3.17. The quantitative estimate of drug-likeness (QED) is 0.826. The SMILES string of the molecule is CNc1ccnc(CN2CCC(C(C)O)C2)c1. The Labute approximate surface area is 103 Å². The largest absolute Gasteiger partial charge is 0.393 e. The normalized spacial score (nSPS) is 22.6. The van der Waals surface area contributed by atoms with Crippen LogP contribution < -0.4 is 5.32 Å². The van der Waals surface area contributed by atoms with Gasteiger partial charge in [0.05, 0.1) is 11.8 Å². The van der Waals surface area contributed by atoms with E-state index in [9.17, 15) is 5.11 Å². The van der Waals surface area contributed by atoms with Gasteiger partial charge in [-0.05, 0) is 37.9 Å². The van der Waals surface area contributed by atoms with Crippen molar-refractivity contribution >= 4 is 5.69 Å². The van der Waals surface area contributed by atoms with Crippen LogP contribution >= 0.6 is 0 Å². The lowest BCUT2D eigenvalue weighted by molar-refractivity contribution is 0.127. The van der Waals surface area contributed by atoms with Crippen molar-refractivity contribution in [2.24, 2.45) is 5.92 Å². The van der Waals surface area contributed by atoms with Crippen molar-refractivity contribution in [3.8, 4) is 0 Å². The fourth-order valence-electron chi connectivity index (χ4n) is 2.35. The van der Waals surface area contributed by atoms with Gasteiger partial charge in [-0.2, -0.15) is 0 Å². The molecule has 2 N–H and O–H groups in total. The topological polar surface area (TPSA) is 48.4 Å². The zero-order valence-electron chi connectivity index (χ0n) is 10.6. The van der Waals surface area contributed by atoms with Gasteiger partial charge in [0.2, 0.25) is 0 Å². The molecule has 1 aromatic rings. The number of anilines is 1. The number of aliphatic hydroxyl groups excluding tert-OH is 1. The van der Waals surface area contributed by atoms with Gasteiger partial charge in [-0.3, -0.25) is 9.88 Å². The highest BCUT2D eigenvalue weighted by atomic mass is 16.3. The second-order valence-corrected chi connectivity index (χ2v) is 4.81. The molecule has 2 atom stereocenters. The summed E-state index contributed by atoms with van der Waals surface area (Å²) in [5, 5.41) is 12.7. The highest BCUT2D eigenvalue weighted by molar-refractivity contribution is 5.42. The summed E-state index contributed by atoms with van der Waals surface area (Å²) < 4.78 is 0. The molecule has 0 spiro atoms. The Balaban J connectivity index is 1.93. The van der Waals surface area contributed by atoms with E-state index in [1.165, 1.54) is 0 Å². The van der Waals surface area contributed by atoms with Gasteiger partial charge in [0.1, 0.15) is 0 Å². The van der Waals surface area contributed by atoms with E-state index < -0.39 is 0 Å². The first kappa shape index (κ1) is 12.3. The number of pyridine rings is 1. The van der Waals surface area contributed by atoms with Gasteiger partial charge < -0.3 is 10.4 Å². The molecule has 1 fully saturated rings. The molecule has 0 radical (unpaired) electrons. The minimum Gasteiger partial charge on any atom is -0.393 e. The van der Waals surface area contributed by atoms with Gasteiger partial charge in [0.15, 0.2) is 0 Å². The van der Waals surface area contributed by atoms with Crippen LogP contribution in [0.15, 0.2) is 18.3 Å². The Morgan fingerprint density at radius 2 is 2.47 bits per heavy atom. The molecule has 4 nitrogen and oxygen atoms in total. The summed E-state index contributed by atoms with van der Waals surface area (Å²) in [5.74, 6) is 0.419. The maximum atomic E-state index is 9.57. The number of hydrogen-bond acceptors (Lipinski definition) is 4. The van der Waals surface area contributed by atoms with Crippen LogP contribution in [0.4, 0.5) is 5.69 Å². The van der Waals surface area contributed by atoms with Crippen LogP contribution in [0.3, 0.4) is 0 Å². The molecule has 0 saturated carbocycles. The van der Waals surface area contributed by atoms with Gasteiger partial charge in [0.25, 0.3) is 0 Å². The molecule has 0 bridgehead atoms. The van der Waals surface area contributed by atoms with Crippen molar-refractivity contribution in [1.29, 1.82) is 0 Å². The third-order valence-corrected chi connectivity index (χ3v) is 3.48. The standard InChI is InChI=1S/C13H21N3O/c1-10(17)11-4-6-16(8-11)9-13-7-12(14-2)3-5-15-13/h3,5,7,10-11,17H,4,6,8-9H2,1-2H3,(H,14,15). The Morgan fingerprint density at radius 3 is 3.12 bits per heavy atom. The smallest absolute Gasteiger partial charge is 0.0564 e. The molecule has 17 heavy (non-hydrogen) atoms. The molecule has 0 amide bonds. The number of hydrogen-bond donors (Lipinski definition) is 2. The molecule has 1 saturated heterocycles. The van der Waals surface area contributed by atoms with Crippen LogP contribution in [-0.2, 0) is 6.54 Å². The first-order valence-corrected chi connectivity index (χ1v) is 6.22. The summed E-state index contributed by atoms with van der Waals surface area (Å²) in [4.78, 5) is 6.74. The van der Waals surface area contributed by atoms with Gasteiger partial charge in [-0.25, -0.2) is 0 Å². The highest BCUT2D eigenvalue weighted by Crippen LogP contribution is 2.21. The Bertz CT molecular complexity index is 367. The number of aliphatic hydroxyl groups is 1. The Kier molecular flexibility index (Phi) is 3.97. The number of likely N-dealkylation sites (tertiary alicyclic amines) is 1. The van der Waals surface area contributed by atoms with Gasteiger partial charge in [-0.15, -0.1) is 0 Å². The number of rotatable bonds is 4. The number of aromatic nitrogens is 1. The lowest BCUT2D eigenvalue weighted by atomic mass is 10.0. The van der Waals surface area contributed by atoms with E-state index in [0.717, 1.165) is 37.4 Å². The summed E-state index contributed by atoms with van der Waals surface area (Å²) in [6.07, 6.45) is 2.73. The molecular weight excluding hydrogens is 214 g/mol. The molecule has 1 aliphatic rings. The molecule has 2 unspecified atom stereocenters. The lowest BCUT2D eigenvalue weighted by Gasteiger charge is -2.17. The monoisotopic (exact) mass is 235 g/mol. The molecular formula is C13H21N3O. The van der Waals surface area contributed by atoms with Crippen LogP contribution in [0.5, 0.6) is 0 Å². The predicted molar refractivity (Wildman–Crippen MR) is 68.8 cm³/mol. The third-order valence-electron chi connectivity index (χ3n) is 3.48. The first-order valence-electron chi connectivity index (χ1n) is 6.22. The van der Waals surface area contributed by atoms with E-state index in [1.807, 2.05) is 26.2 Å². The molecule has 0 aliphatic carbocycles. The molecule has 2 rings (SSSR count). The van der Waals surface area contributed by atoms with Crippen molar-refractivity contribution in [3.05, 3.63) is 24.0 Å². The van der Waals surface area contributed by atoms with E-state index in [4.69, 9.17) is 0 Å². The second kappa shape index (κ2) is 5.47. The van der Waals surface area contributed by atoms with Crippen LogP contribution in [0.1, 0.15) is 19.0 Å². The van der Waals surface area contributed by atoms with E-state index in [2.05, 4.69) is 21.3 Å². The van der Waals surface area contributed by atoms with E-state index in [1.54, 1.807) is 0 Å². The van der Waals surface area contributed by atoms with Crippen molar-refractivity contribution in [1.82, 2.24) is 9.88 Å². The van der Waals surface area contributed by atoms with Crippen molar-refractivity contribution in [3.63, 3.8) is 0 Å². The summed E-state index contributed by atoms with van der Waals surface area (Å²) in [7, 11) is 1.92. The summed E-state index contributed by atoms with van der Waals surface area (Å²) in [6, 6.07) is 4.04. The molecule has 2 heterocycles. The molecule has 4 heteroatoms. The van der Waals surface area contributed by atoms with E-state index in [-0.39, 0.29) is 6.10 Å². The predicted octanol–water partition coefficient (Wildman–Crippen LogP) is 1.33. The van der Waals surface area contributed by atoms with Gasteiger partial charge in [0, 0.05) is 32.0 Å². The Morgan fingerprint density at radius 1 is 1.65 bits per heavy atom. The van der Waals surface area contributed by atoms with Crippen molar-refractivity contribution in [2.75, 3.05) is 25.5 Å². The Hall–Kier alpha value is -1.13. The maximum Gasteiger partial charge on any atom is 0.0564 e. The van der Waals surface area contributed by atoms with Crippen LogP contribution in [-0.4, -0.2) is 41.2 Å². The zero-order valence-corrected chi connectivity index (χ0v) is 10.6. The minimum atomic E-state index is -0.198. The summed E-state index contributed by atoms with van der Waals surface area (Å²) in [6.45, 7) is 4.79. The maximum absolute atomic E-state index is 9.57. The van der Waals surface area contributed by atoms with Gasteiger partial charge >= 0.3 is 0 Å². The minimum absolute atomic E-state index is 0.198. The fourth-order valence-corrected chi connectivity index (χ4v) is 2.35.